The fourth-order valence-corrected chi connectivity index (χ4v) is 1.26. The number of aliphatic hydroxyl groups is 3. The molecule has 4 nitrogen and oxygen atoms in total. The number of ether oxygens (including phenoxy) is 1. The fraction of sp³-hybridized carbons (Fsp3) is 1.00. The molecule has 0 aliphatic carbocycles. The highest BCUT2D eigenvalue weighted by molar-refractivity contribution is 4.88. The molecule has 11 heavy (non-hydrogen) atoms. The van der Waals surface area contributed by atoms with Crippen molar-refractivity contribution in [3.05, 3.63) is 0 Å². The smallest absolute Gasteiger partial charge is 0.111 e. The molecular formula is C7H14O4. The highest BCUT2D eigenvalue weighted by Crippen LogP contribution is 2.19. The summed E-state index contributed by atoms with van der Waals surface area (Å²) in [4.78, 5) is 0. The van der Waals surface area contributed by atoms with E-state index in [1.54, 1.807) is 13.8 Å². The van der Waals surface area contributed by atoms with Crippen LogP contribution >= 0.6 is 0 Å². The van der Waals surface area contributed by atoms with Crippen LogP contribution in [0.4, 0.5) is 0 Å². The summed E-state index contributed by atoms with van der Waals surface area (Å²) in [6.45, 7) is 3.33. The molecular weight excluding hydrogens is 148 g/mol. The largest absolute Gasteiger partial charge is 0.388 e. The Morgan fingerprint density at radius 3 is 1.55 bits per heavy atom. The van der Waals surface area contributed by atoms with E-state index in [2.05, 4.69) is 0 Å². The average Bonchev–Trinajstić information content (AvgIpc) is 1.97. The molecule has 66 valence electrons. The summed E-state index contributed by atoms with van der Waals surface area (Å²) in [6, 6.07) is 0. The lowest BCUT2D eigenvalue weighted by Crippen LogP contribution is -2.55. The molecule has 0 bridgehead atoms. The van der Waals surface area contributed by atoms with Crippen LogP contribution in [0.3, 0.4) is 0 Å². The molecule has 4 heteroatoms. The van der Waals surface area contributed by atoms with Gasteiger partial charge in [-0.05, 0) is 13.8 Å². The minimum Gasteiger partial charge on any atom is -0.388 e. The Balaban J connectivity index is 2.63. The molecule has 5 atom stereocenters. The molecule has 1 saturated heterocycles. The predicted octanol–water partition coefficient (Wildman–Crippen LogP) is -1.12. The molecule has 0 amide bonds. The molecule has 1 heterocycles. The van der Waals surface area contributed by atoms with Gasteiger partial charge in [0.05, 0.1) is 12.2 Å². The van der Waals surface area contributed by atoms with Crippen LogP contribution in [-0.4, -0.2) is 45.8 Å². The van der Waals surface area contributed by atoms with Gasteiger partial charge in [-0.2, -0.15) is 0 Å². The van der Waals surface area contributed by atoms with Crippen molar-refractivity contribution < 1.29 is 20.1 Å². The van der Waals surface area contributed by atoms with Crippen molar-refractivity contribution in [1.82, 2.24) is 0 Å². The third-order valence-electron chi connectivity index (χ3n) is 2.09. The van der Waals surface area contributed by atoms with E-state index in [9.17, 15) is 15.3 Å². The Kier molecular flexibility index (Phi) is 2.49. The van der Waals surface area contributed by atoms with Crippen LogP contribution in [0.2, 0.25) is 0 Å². The van der Waals surface area contributed by atoms with Gasteiger partial charge in [0.25, 0.3) is 0 Å². The molecule has 1 fully saturated rings. The van der Waals surface area contributed by atoms with Crippen LogP contribution in [0.15, 0.2) is 0 Å². The van der Waals surface area contributed by atoms with Crippen molar-refractivity contribution in [2.45, 2.75) is 44.4 Å². The second-order valence-corrected chi connectivity index (χ2v) is 3.02. The van der Waals surface area contributed by atoms with Crippen molar-refractivity contribution in [1.29, 1.82) is 0 Å². The van der Waals surface area contributed by atoms with Crippen LogP contribution in [0.5, 0.6) is 0 Å². The molecule has 1 unspecified atom stereocenters. The van der Waals surface area contributed by atoms with Crippen molar-refractivity contribution in [2.75, 3.05) is 0 Å². The first kappa shape index (κ1) is 8.93. The van der Waals surface area contributed by atoms with E-state index in [0.717, 1.165) is 0 Å². The van der Waals surface area contributed by atoms with Gasteiger partial charge in [-0.15, -0.1) is 0 Å². The van der Waals surface area contributed by atoms with E-state index in [4.69, 9.17) is 4.74 Å². The van der Waals surface area contributed by atoms with Crippen molar-refractivity contribution in [3.63, 3.8) is 0 Å². The molecule has 1 rings (SSSR count). The van der Waals surface area contributed by atoms with Gasteiger partial charge in [0.1, 0.15) is 18.3 Å². The van der Waals surface area contributed by atoms with Gasteiger partial charge in [-0.3, -0.25) is 0 Å². The zero-order valence-corrected chi connectivity index (χ0v) is 6.64. The Morgan fingerprint density at radius 1 is 0.818 bits per heavy atom. The molecule has 0 aromatic heterocycles. The summed E-state index contributed by atoms with van der Waals surface area (Å²) < 4.78 is 5.12. The summed E-state index contributed by atoms with van der Waals surface area (Å²) in [6.07, 6.45) is -3.89. The van der Waals surface area contributed by atoms with E-state index in [0.29, 0.717) is 0 Å². The summed E-state index contributed by atoms with van der Waals surface area (Å²) in [5, 5.41) is 27.6. The Labute approximate surface area is 65.4 Å². The average molecular weight is 162 g/mol. The van der Waals surface area contributed by atoms with Crippen molar-refractivity contribution in [3.8, 4) is 0 Å². The fourth-order valence-electron chi connectivity index (χ4n) is 1.26. The molecule has 3 N–H and O–H groups in total. The lowest BCUT2D eigenvalue weighted by molar-refractivity contribution is -0.211. The number of aliphatic hydroxyl groups excluding tert-OH is 3. The quantitative estimate of drug-likeness (QED) is 0.422. The molecule has 0 spiro atoms. The highest BCUT2D eigenvalue weighted by Gasteiger charge is 2.39. The van der Waals surface area contributed by atoms with Gasteiger partial charge < -0.3 is 20.1 Å². The first-order valence-corrected chi connectivity index (χ1v) is 3.73. The molecule has 0 aromatic rings. The van der Waals surface area contributed by atoms with Gasteiger partial charge >= 0.3 is 0 Å². The maximum atomic E-state index is 9.21. The normalized spacial score (nSPS) is 52.6. The van der Waals surface area contributed by atoms with Crippen molar-refractivity contribution in [2.24, 2.45) is 0 Å². The predicted molar refractivity (Wildman–Crippen MR) is 38.0 cm³/mol. The summed E-state index contributed by atoms with van der Waals surface area (Å²) in [7, 11) is 0. The standard InChI is InChI=1S/C7H14O4/c1-3-5(8)7(10)6(9)4(2)11-3/h3-10H,1-2H3/t3-,4+,5-,6-,7?/m0/s1. The van der Waals surface area contributed by atoms with Gasteiger partial charge in [-0.1, -0.05) is 0 Å². The van der Waals surface area contributed by atoms with Gasteiger partial charge in [0.2, 0.25) is 0 Å². The minimum atomic E-state index is -1.09. The zero-order chi connectivity index (χ0) is 8.59. The monoisotopic (exact) mass is 162 g/mol. The first-order chi connectivity index (χ1) is 5.04. The van der Waals surface area contributed by atoms with E-state index in [-0.39, 0.29) is 0 Å². The Bertz CT molecular complexity index is 124. The van der Waals surface area contributed by atoms with E-state index < -0.39 is 30.5 Å². The van der Waals surface area contributed by atoms with Gasteiger partial charge in [0.15, 0.2) is 0 Å². The van der Waals surface area contributed by atoms with Crippen LogP contribution in [0, 0.1) is 0 Å². The molecule has 0 aromatic carbocycles. The van der Waals surface area contributed by atoms with E-state index in [1.807, 2.05) is 0 Å². The zero-order valence-electron chi connectivity index (χ0n) is 6.64. The Hall–Kier alpha value is -0.160. The van der Waals surface area contributed by atoms with Crippen LogP contribution in [-0.2, 0) is 4.74 Å². The highest BCUT2D eigenvalue weighted by atomic mass is 16.5. The third kappa shape index (κ3) is 1.54. The summed E-state index contributed by atoms with van der Waals surface area (Å²) in [5.74, 6) is 0. The Morgan fingerprint density at radius 2 is 1.18 bits per heavy atom. The summed E-state index contributed by atoms with van der Waals surface area (Å²) >= 11 is 0. The first-order valence-electron chi connectivity index (χ1n) is 3.73. The topological polar surface area (TPSA) is 69.9 Å². The second kappa shape index (κ2) is 3.06. The lowest BCUT2D eigenvalue weighted by Gasteiger charge is -2.37. The van der Waals surface area contributed by atoms with Crippen LogP contribution < -0.4 is 0 Å². The van der Waals surface area contributed by atoms with Crippen LogP contribution in [0.25, 0.3) is 0 Å². The summed E-state index contributed by atoms with van der Waals surface area (Å²) in [5.41, 5.74) is 0. The maximum Gasteiger partial charge on any atom is 0.111 e. The number of hydrogen-bond donors (Lipinski definition) is 3. The maximum absolute atomic E-state index is 9.21. The van der Waals surface area contributed by atoms with E-state index in [1.165, 1.54) is 0 Å². The number of hydrogen-bond acceptors (Lipinski definition) is 4. The molecule has 1 aliphatic heterocycles. The minimum absolute atomic E-state index is 0.414. The second-order valence-electron chi connectivity index (χ2n) is 3.02. The van der Waals surface area contributed by atoms with Gasteiger partial charge in [-0.25, -0.2) is 0 Å². The third-order valence-corrected chi connectivity index (χ3v) is 2.09. The SMILES string of the molecule is C[C@@H]1O[C@H](C)[C@H](O)C(O)[C@H]1O. The van der Waals surface area contributed by atoms with Gasteiger partial charge in [0, 0.05) is 0 Å². The molecule has 0 saturated carbocycles. The molecule has 0 radical (unpaired) electrons. The number of rotatable bonds is 0. The van der Waals surface area contributed by atoms with Crippen molar-refractivity contribution >= 4 is 0 Å². The molecule has 1 aliphatic rings. The van der Waals surface area contributed by atoms with E-state index >= 15 is 0 Å². The van der Waals surface area contributed by atoms with Crippen LogP contribution in [0.1, 0.15) is 13.8 Å². The lowest BCUT2D eigenvalue weighted by atomic mass is 9.97.